The molecule has 4 rings (SSSR count). The van der Waals surface area contributed by atoms with Gasteiger partial charge in [-0.15, -0.1) is 11.3 Å². The van der Waals surface area contributed by atoms with Crippen molar-refractivity contribution in [1.82, 2.24) is 4.90 Å². The first-order valence-electron chi connectivity index (χ1n) is 10.6. The molecule has 1 aliphatic rings. The Kier molecular flexibility index (Phi) is 6.49. The van der Waals surface area contributed by atoms with Crippen LogP contribution in [-0.4, -0.2) is 48.3 Å². The molecule has 0 unspecified atom stereocenters. The van der Waals surface area contributed by atoms with Gasteiger partial charge in [-0.05, 0) is 59.6 Å². The van der Waals surface area contributed by atoms with Crippen molar-refractivity contribution in [2.75, 3.05) is 42.6 Å². The number of carbonyl (C=O) groups is 2. The number of anilines is 2. The number of thiophene rings is 1. The Morgan fingerprint density at radius 3 is 2.38 bits per heavy atom. The van der Waals surface area contributed by atoms with E-state index in [4.69, 9.17) is 5.73 Å². The Bertz CT molecular complexity index is 1160. The molecule has 2 amide bonds. The predicted octanol–water partition coefficient (Wildman–Crippen LogP) is 5.09. The summed E-state index contributed by atoms with van der Waals surface area (Å²) in [5, 5.41) is 4.87. The molecule has 1 saturated heterocycles. The molecule has 6 nitrogen and oxygen atoms in total. The normalized spacial score (nSPS) is 15.3. The summed E-state index contributed by atoms with van der Waals surface area (Å²) in [5.74, 6) is -0.381. The third-order valence-electron chi connectivity index (χ3n) is 5.92. The van der Waals surface area contributed by atoms with E-state index >= 15 is 0 Å². The number of nitrogens with zero attached hydrogens (tertiary/aromatic N) is 1. The molecule has 1 aromatic heterocycles. The monoisotopic (exact) mass is 467 g/mol. The average Bonchev–Trinajstić information content (AvgIpc) is 3.36. The molecule has 1 fully saturated rings. The molecule has 1 aliphatic heterocycles. The van der Waals surface area contributed by atoms with Crippen LogP contribution in [0.1, 0.15) is 27.6 Å². The van der Waals surface area contributed by atoms with Crippen molar-refractivity contribution in [3.05, 3.63) is 71.1 Å². The van der Waals surface area contributed by atoms with E-state index in [9.17, 15) is 14.2 Å². The van der Waals surface area contributed by atoms with Crippen LogP contribution in [-0.2, 0) is 4.57 Å². The van der Waals surface area contributed by atoms with Crippen molar-refractivity contribution in [2.45, 2.75) is 6.92 Å². The van der Waals surface area contributed by atoms with E-state index in [1.54, 1.807) is 46.6 Å². The maximum atomic E-state index is 12.8. The van der Waals surface area contributed by atoms with Crippen molar-refractivity contribution in [3.63, 3.8) is 0 Å². The number of nitrogen functional groups attached to an aromatic ring is 1. The highest BCUT2D eigenvalue weighted by Crippen LogP contribution is 2.46. The van der Waals surface area contributed by atoms with Crippen LogP contribution < -0.4 is 11.1 Å². The number of nitrogens with one attached hydrogen (secondary N) is 1. The number of hydrogen-bond donors (Lipinski definition) is 2. The van der Waals surface area contributed by atoms with E-state index in [0.717, 1.165) is 10.4 Å². The lowest BCUT2D eigenvalue weighted by molar-refractivity contribution is 0.0769. The molecule has 3 aromatic rings. The van der Waals surface area contributed by atoms with Crippen LogP contribution >= 0.6 is 18.5 Å². The van der Waals surface area contributed by atoms with Crippen molar-refractivity contribution in [1.29, 1.82) is 0 Å². The van der Waals surface area contributed by atoms with Gasteiger partial charge in [-0.2, -0.15) is 0 Å². The number of nitrogens with two attached hydrogens (primary N) is 1. The Labute approximate surface area is 191 Å². The quantitative estimate of drug-likeness (QED) is 0.404. The van der Waals surface area contributed by atoms with E-state index in [1.165, 1.54) is 0 Å². The third kappa shape index (κ3) is 4.79. The summed E-state index contributed by atoms with van der Waals surface area (Å²) in [5.41, 5.74) is 9.05. The molecule has 0 bridgehead atoms. The van der Waals surface area contributed by atoms with Gasteiger partial charge in [0.1, 0.15) is 0 Å². The summed E-state index contributed by atoms with van der Waals surface area (Å²) in [6.07, 6.45) is 1.86. The minimum absolute atomic E-state index is 0.0906. The topological polar surface area (TPSA) is 92.5 Å². The molecule has 166 valence electrons. The molecule has 2 aromatic carbocycles. The Morgan fingerprint density at radius 2 is 1.75 bits per heavy atom. The fourth-order valence-corrected chi connectivity index (χ4v) is 6.54. The van der Waals surface area contributed by atoms with Gasteiger partial charge in [0.15, 0.2) is 0 Å². The van der Waals surface area contributed by atoms with Gasteiger partial charge in [0.05, 0.1) is 18.5 Å². The summed E-state index contributed by atoms with van der Waals surface area (Å²) in [6, 6.07) is 16.2. The van der Waals surface area contributed by atoms with Crippen LogP contribution in [0.4, 0.5) is 11.4 Å². The van der Waals surface area contributed by atoms with E-state index < -0.39 is 7.14 Å². The van der Waals surface area contributed by atoms with Gasteiger partial charge in [0.2, 0.25) is 0 Å². The second-order valence-corrected chi connectivity index (χ2v) is 12.5. The van der Waals surface area contributed by atoms with Crippen molar-refractivity contribution >= 4 is 41.7 Å². The summed E-state index contributed by atoms with van der Waals surface area (Å²) < 4.78 is 12.5. The standard InChI is InChI=1S/C24H26N3O3PS/c1-2-31(30)13-11-27(12-14-31)24(29)18-7-5-17(6-8-18)23(28)26-21-16-19(9-10-20(21)25)22-4-3-15-32-22/h3-10,15-16H,2,11-14,25H2,1H3,(H,26,28). The third-order valence-corrected chi connectivity index (χ3v) is 10.0. The number of benzene rings is 2. The molecular weight excluding hydrogens is 441 g/mol. The van der Waals surface area contributed by atoms with Crippen LogP contribution in [0.15, 0.2) is 60.0 Å². The first-order chi connectivity index (χ1) is 15.4. The van der Waals surface area contributed by atoms with Gasteiger partial charge in [-0.25, -0.2) is 0 Å². The van der Waals surface area contributed by atoms with Crippen LogP contribution in [0.25, 0.3) is 10.4 Å². The lowest BCUT2D eigenvalue weighted by atomic mass is 10.1. The molecule has 0 radical (unpaired) electrons. The lowest BCUT2D eigenvalue weighted by Gasteiger charge is -2.31. The van der Waals surface area contributed by atoms with E-state index in [2.05, 4.69) is 5.32 Å². The highest BCUT2D eigenvalue weighted by atomic mass is 32.1. The lowest BCUT2D eigenvalue weighted by Crippen LogP contribution is -2.39. The number of carbonyl (C=O) groups excluding carboxylic acids is 2. The van der Waals surface area contributed by atoms with Crippen molar-refractivity contribution in [2.24, 2.45) is 0 Å². The smallest absolute Gasteiger partial charge is 0.255 e. The zero-order chi connectivity index (χ0) is 22.7. The van der Waals surface area contributed by atoms with E-state index in [0.29, 0.717) is 54.1 Å². The zero-order valence-corrected chi connectivity index (χ0v) is 19.6. The molecule has 0 saturated carbocycles. The summed E-state index contributed by atoms with van der Waals surface area (Å²) >= 11 is 1.62. The van der Waals surface area contributed by atoms with Crippen LogP contribution in [0.5, 0.6) is 0 Å². The second kappa shape index (κ2) is 9.31. The second-order valence-electron chi connectivity index (χ2n) is 7.92. The number of rotatable bonds is 5. The minimum Gasteiger partial charge on any atom is -0.397 e. The van der Waals surface area contributed by atoms with Gasteiger partial charge >= 0.3 is 0 Å². The minimum atomic E-state index is -2.10. The van der Waals surface area contributed by atoms with Crippen LogP contribution in [0, 0.1) is 0 Å². The fraction of sp³-hybridized carbons (Fsp3) is 0.250. The molecule has 0 spiro atoms. The van der Waals surface area contributed by atoms with Crippen molar-refractivity contribution in [3.8, 4) is 10.4 Å². The first-order valence-corrected chi connectivity index (χ1v) is 13.7. The van der Waals surface area contributed by atoms with Crippen LogP contribution in [0.2, 0.25) is 0 Å². The highest BCUT2D eigenvalue weighted by Gasteiger charge is 2.29. The maximum absolute atomic E-state index is 12.8. The number of hydrogen-bond acceptors (Lipinski definition) is 5. The highest BCUT2D eigenvalue weighted by molar-refractivity contribution is 7.64. The molecule has 0 atom stereocenters. The molecule has 3 N–H and O–H groups in total. The SMILES string of the molecule is CCP1(=O)CCN(C(=O)c2ccc(C(=O)Nc3cc(-c4cccs4)ccc3N)cc2)CC1. The summed E-state index contributed by atoms with van der Waals surface area (Å²) in [6.45, 7) is 2.99. The van der Waals surface area contributed by atoms with Crippen molar-refractivity contribution < 1.29 is 14.2 Å². The van der Waals surface area contributed by atoms with Gasteiger partial charge < -0.3 is 20.5 Å². The average molecular weight is 468 g/mol. The molecule has 8 heteroatoms. The molecule has 0 aliphatic carbocycles. The van der Waals surface area contributed by atoms with Gasteiger partial charge in [0.25, 0.3) is 11.8 Å². The first kappa shape index (κ1) is 22.3. The fourth-order valence-electron chi connectivity index (χ4n) is 3.75. The van der Waals surface area contributed by atoms with E-state index in [-0.39, 0.29) is 11.8 Å². The molecular formula is C24H26N3O3PS. The zero-order valence-electron chi connectivity index (χ0n) is 17.9. The van der Waals surface area contributed by atoms with Crippen LogP contribution in [0.3, 0.4) is 0 Å². The van der Waals surface area contributed by atoms with E-state index in [1.807, 2.05) is 36.6 Å². The largest absolute Gasteiger partial charge is 0.397 e. The Balaban J connectivity index is 1.43. The molecule has 2 heterocycles. The molecule has 32 heavy (non-hydrogen) atoms. The maximum Gasteiger partial charge on any atom is 0.255 e. The number of amides is 2. The predicted molar refractivity (Wildman–Crippen MR) is 132 cm³/mol. The Hall–Kier alpha value is -2.89. The summed E-state index contributed by atoms with van der Waals surface area (Å²) in [4.78, 5) is 28.4. The van der Waals surface area contributed by atoms with Gasteiger partial charge in [0, 0.05) is 41.4 Å². The van der Waals surface area contributed by atoms with Gasteiger partial charge in [-0.1, -0.05) is 19.1 Å². The van der Waals surface area contributed by atoms with Gasteiger partial charge in [-0.3, -0.25) is 9.59 Å². The Morgan fingerprint density at radius 1 is 1.06 bits per heavy atom. The summed E-state index contributed by atoms with van der Waals surface area (Å²) in [7, 11) is -2.10.